The first-order chi connectivity index (χ1) is 13.9. The van der Waals surface area contributed by atoms with Crippen molar-refractivity contribution >= 4 is 12.0 Å². The lowest BCUT2D eigenvalue weighted by Crippen LogP contribution is -2.47. The van der Waals surface area contributed by atoms with E-state index in [4.69, 9.17) is 10.2 Å². The van der Waals surface area contributed by atoms with Gasteiger partial charge < -0.3 is 30.6 Å². The summed E-state index contributed by atoms with van der Waals surface area (Å²) in [5.74, 6) is -0.827. The number of carboxylic acid groups (broad SMARTS) is 1. The minimum atomic E-state index is -1.03. The smallest absolute Gasteiger partial charge is 0.326 e. The minimum Gasteiger partial charge on any atom is -0.480 e. The maximum Gasteiger partial charge on any atom is 0.326 e. The highest BCUT2D eigenvalue weighted by atomic mass is 16.4. The molecule has 0 aliphatic carbocycles. The lowest BCUT2D eigenvalue weighted by Gasteiger charge is -2.24. The first-order valence-corrected chi connectivity index (χ1v) is 9.47. The number of benzene rings is 1. The summed E-state index contributed by atoms with van der Waals surface area (Å²) in [5.41, 5.74) is 6.77. The molecule has 5 N–H and O–H groups in total. The molecule has 29 heavy (non-hydrogen) atoms. The number of aromatic nitrogens is 2. The van der Waals surface area contributed by atoms with E-state index in [-0.39, 0.29) is 11.8 Å². The Balaban J connectivity index is 1.82. The molecule has 0 bridgehead atoms. The molecular weight excluding hydrogens is 378 g/mol. The summed E-state index contributed by atoms with van der Waals surface area (Å²) in [6, 6.07) is 6.54. The predicted octanol–water partition coefficient (Wildman–Crippen LogP) is 0.993. The zero-order valence-corrected chi connectivity index (χ0v) is 16.1. The van der Waals surface area contributed by atoms with Crippen molar-refractivity contribution in [1.82, 2.24) is 20.4 Å². The third-order valence-electron chi connectivity index (χ3n) is 4.94. The molecule has 1 aromatic heterocycles. The Labute approximate surface area is 167 Å². The fourth-order valence-corrected chi connectivity index (χ4v) is 3.28. The number of hydrogen-bond donors (Lipinski definition) is 4. The van der Waals surface area contributed by atoms with Gasteiger partial charge in [-0.25, -0.2) is 9.59 Å². The second-order valence-corrected chi connectivity index (χ2v) is 7.13. The molecule has 1 aromatic carbocycles. The number of hydrogen-bond acceptors (Lipinski definition) is 7. The third-order valence-corrected chi connectivity index (χ3v) is 4.94. The normalized spacial score (nSPS) is 19.6. The van der Waals surface area contributed by atoms with E-state index in [0.717, 1.165) is 5.56 Å². The Bertz CT molecular complexity index is 841. The lowest BCUT2D eigenvalue weighted by atomic mass is 10.1. The van der Waals surface area contributed by atoms with Crippen LogP contribution in [0.3, 0.4) is 0 Å². The molecule has 2 amide bonds. The number of carboxylic acids is 1. The van der Waals surface area contributed by atoms with Crippen LogP contribution < -0.4 is 11.1 Å². The van der Waals surface area contributed by atoms with Gasteiger partial charge in [0.1, 0.15) is 18.1 Å². The first kappa shape index (κ1) is 20.7. The van der Waals surface area contributed by atoms with E-state index in [1.165, 1.54) is 11.8 Å². The zero-order chi connectivity index (χ0) is 21.0. The molecule has 3 rings (SSSR count). The number of likely N-dealkylation sites (tertiary alicyclic amines) is 1. The number of urea groups is 1. The van der Waals surface area contributed by atoms with Crippen LogP contribution in [0.5, 0.6) is 0 Å². The molecule has 1 aliphatic heterocycles. The lowest BCUT2D eigenvalue weighted by molar-refractivity contribution is -0.141. The Morgan fingerprint density at radius 3 is 2.66 bits per heavy atom. The fraction of sp³-hybridized carbons (Fsp3) is 0.474. The van der Waals surface area contributed by atoms with Gasteiger partial charge in [0.2, 0.25) is 11.8 Å². The molecule has 2 heterocycles. The van der Waals surface area contributed by atoms with Crippen molar-refractivity contribution in [2.75, 3.05) is 6.54 Å². The summed E-state index contributed by atoms with van der Waals surface area (Å²) >= 11 is 0. The van der Waals surface area contributed by atoms with Crippen molar-refractivity contribution in [2.24, 2.45) is 5.73 Å². The maximum absolute atomic E-state index is 12.8. The van der Waals surface area contributed by atoms with Crippen molar-refractivity contribution in [3.63, 3.8) is 0 Å². The van der Waals surface area contributed by atoms with E-state index in [0.29, 0.717) is 25.8 Å². The summed E-state index contributed by atoms with van der Waals surface area (Å²) in [7, 11) is 0. The van der Waals surface area contributed by atoms with Crippen LogP contribution >= 0.6 is 0 Å². The Morgan fingerprint density at radius 1 is 1.31 bits per heavy atom. The Hall–Kier alpha value is -2.98. The molecule has 156 valence electrons. The molecule has 10 nitrogen and oxygen atoms in total. The number of aliphatic hydroxyl groups is 1. The molecular formula is C19H25N5O5. The third kappa shape index (κ3) is 4.90. The second kappa shape index (κ2) is 9.01. The average Bonchev–Trinajstić information content (AvgIpc) is 3.37. The number of carbonyl (C=O) groups is 2. The fourth-order valence-electron chi connectivity index (χ4n) is 3.28. The van der Waals surface area contributed by atoms with Gasteiger partial charge in [-0.05, 0) is 25.3 Å². The van der Waals surface area contributed by atoms with E-state index < -0.39 is 36.2 Å². The van der Waals surface area contributed by atoms with Crippen LogP contribution in [0, 0.1) is 0 Å². The highest BCUT2D eigenvalue weighted by Gasteiger charge is 2.35. The van der Waals surface area contributed by atoms with E-state index in [1.54, 1.807) is 0 Å². The van der Waals surface area contributed by atoms with Crippen LogP contribution in [0.25, 0.3) is 0 Å². The van der Waals surface area contributed by atoms with Crippen LogP contribution in [-0.2, 0) is 11.2 Å². The number of aliphatic carboxylic acids is 1. The van der Waals surface area contributed by atoms with E-state index >= 15 is 0 Å². The number of amides is 2. The maximum atomic E-state index is 12.8. The van der Waals surface area contributed by atoms with Crippen molar-refractivity contribution < 1.29 is 24.2 Å². The van der Waals surface area contributed by atoms with Crippen LogP contribution in [0.15, 0.2) is 34.7 Å². The molecule has 1 fully saturated rings. The van der Waals surface area contributed by atoms with E-state index in [9.17, 15) is 19.8 Å². The van der Waals surface area contributed by atoms with Gasteiger partial charge in [-0.3, -0.25) is 0 Å². The average molecular weight is 403 g/mol. The molecule has 1 unspecified atom stereocenters. The van der Waals surface area contributed by atoms with Gasteiger partial charge in [-0.1, -0.05) is 30.3 Å². The van der Waals surface area contributed by atoms with Gasteiger partial charge in [0, 0.05) is 13.0 Å². The van der Waals surface area contributed by atoms with Crippen LogP contribution in [0.4, 0.5) is 4.79 Å². The first-order valence-electron chi connectivity index (χ1n) is 9.47. The predicted molar refractivity (Wildman–Crippen MR) is 102 cm³/mol. The van der Waals surface area contributed by atoms with Crippen molar-refractivity contribution in [2.45, 2.75) is 50.4 Å². The van der Waals surface area contributed by atoms with Crippen molar-refractivity contribution in [3.05, 3.63) is 47.7 Å². The van der Waals surface area contributed by atoms with Crippen molar-refractivity contribution in [1.29, 1.82) is 0 Å². The number of nitrogens with two attached hydrogens (primary N) is 1. The quantitative estimate of drug-likeness (QED) is 0.533. The standard InChI is InChI=1S/C19H25N5O5/c1-11(25)15(20)17-23-22-16(29-17)13(10-12-6-3-2-4-7-12)21-19(28)24-9-5-8-14(24)18(26)27/h2-4,6-7,11,13-15,25H,5,8-10,20H2,1H3,(H,21,28)(H,26,27)/t11?,13-,14-,15-/m0/s1. The Kier molecular flexibility index (Phi) is 6.45. The molecule has 0 saturated carbocycles. The number of nitrogens with zero attached hydrogens (tertiary/aromatic N) is 3. The number of nitrogens with one attached hydrogen (secondary N) is 1. The molecule has 2 aromatic rings. The van der Waals surface area contributed by atoms with Crippen LogP contribution in [-0.4, -0.2) is 56.0 Å². The SMILES string of the molecule is CC(O)[C@H](N)c1nnc([C@H](Cc2ccccc2)NC(=O)N2CCC[C@H]2C(=O)O)o1. The van der Waals surface area contributed by atoms with E-state index in [1.807, 2.05) is 30.3 Å². The number of rotatable bonds is 7. The summed E-state index contributed by atoms with van der Waals surface area (Å²) in [4.78, 5) is 25.5. The zero-order valence-electron chi connectivity index (χ0n) is 16.1. The van der Waals surface area contributed by atoms with Crippen LogP contribution in [0.1, 0.15) is 49.2 Å². The van der Waals surface area contributed by atoms with Gasteiger partial charge in [0.15, 0.2) is 0 Å². The van der Waals surface area contributed by atoms with E-state index in [2.05, 4.69) is 15.5 Å². The largest absolute Gasteiger partial charge is 0.480 e. The molecule has 10 heteroatoms. The summed E-state index contributed by atoms with van der Waals surface area (Å²) in [6.45, 7) is 1.88. The number of carbonyl (C=O) groups excluding carboxylic acids is 1. The highest BCUT2D eigenvalue weighted by molar-refractivity contribution is 5.83. The molecule has 0 radical (unpaired) electrons. The molecule has 1 aliphatic rings. The molecule has 4 atom stereocenters. The topological polar surface area (TPSA) is 155 Å². The van der Waals surface area contributed by atoms with Gasteiger partial charge >= 0.3 is 12.0 Å². The summed E-state index contributed by atoms with van der Waals surface area (Å²) < 4.78 is 5.62. The number of aliphatic hydroxyl groups excluding tert-OH is 1. The van der Waals surface area contributed by atoms with Gasteiger partial charge in [0.05, 0.1) is 6.10 Å². The second-order valence-electron chi connectivity index (χ2n) is 7.13. The highest BCUT2D eigenvalue weighted by Crippen LogP contribution is 2.23. The monoisotopic (exact) mass is 403 g/mol. The minimum absolute atomic E-state index is 0.0619. The summed E-state index contributed by atoms with van der Waals surface area (Å²) in [6.07, 6.45) is 0.525. The van der Waals surface area contributed by atoms with Gasteiger partial charge in [-0.2, -0.15) is 0 Å². The van der Waals surface area contributed by atoms with Gasteiger partial charge in [0.25, 0.3) is 0 Å². The molecule has 0 spiro atoms. The molecule has 1 saturated heterocycles. The van der Waals surface area contributed by atoms with Crippen LogP contribution in [0.2, 0.25) is 0 Å². The van der Waals surface area contributed by atoms with Gasteiger partial charge in [-0.15, -0.1) is 10.2 Å². The Morgan fingerprint density at radius 2 is 2.00 bits per heavy atom. The summed E-state index contributed by atoms with van der Waals surface area (Å²) in [5, 5.41) is 29.7. The van der Waals surface area contributed by atoms with Crippen molar-refractivity contribution in [3.8, 4) is 0 Å².